The van der Waals surface area contributed by atoms with E-state index in [0.717, 1.165) is 37.3 Å². The molecule has 0 unspecified atom stereocenters. The number of aryl methyl sites for hydroxylation is 2. The summed E-state index contributed by atoms with van der Waals surface area (Å²) in [4.78, 5) is 5.00. The van der Waals surface area contributed by atoms with E-state index in [1.54, 1.807) is 12.1 Å². The van der Waals surface area contributed by atoms with Gasteiger partial charge in [-0.1, -0.05) is 47.5 Å². The molecule has 0 aliphatic carbocycles. The highest BCUT2D eigenvalue weighted by atomic mass is 32.2. The Hall–Kier alpha value is -1.73. The summed E-state index contributed by atoms with van der Waals surface area (Å²) in [5.74, 6) is 0. The molecule has 1 aliphatic heterocycles. The number of sulfonamides is 1. The second kappa shape index (κ2) is 8.52. The van der Waals surface area contributed by atoms with Crippen LogP contribution in [-0.4, -0.2) is 58.0 Å². The lowest BCUT2D eigenvalue weighted by Gasteiger charge is -2.38. The van der Waals surface area contributed by atoms with Gasteiger partial charge >= 0.3 is 0 Å². The van der Waals surface area contributed by atoms with Gasteiger partial charge in [0.1, 0.15) is 0 Å². The fourth-order valence-electron chi connectivity index (χ4n) is 3.37. The number of piperazine rings is 1. The number of hydrogen-bond donors (Lipinski definition) is 1. The van der Waals surface area contributed by atoms with Gasteiger partial charge in [-0.15, -0.1) is 0 Å². The average molecular weight is 388 g/mol. The molecule has 3 rings (SSSR count). The maximum atomic E-state index is 12.7. The van der Waals surface area contributed by atoms with E-state index in [-0.39, 0.29) is 6.04 Å². The van der Waals surface area contributed by atoms with Crippen molar-refractivity contribution in [2.45, 2.75) is 24.8 Å². The highest BCUT2D eigenvalue weighted by molar-refractivity contribution is 7.89. The molecule has 2 aromatic rings. The molecule has 1 fully saturated rings. The van der Waals surface area contributed by atoms with Gasteiger partial charge in [0, 0.05) is 38.8 Å². The molecular formula is C21H29N3O2S. The first kappa shape index (κ1) is 20.0. The molecule has 0 spiro atoms. The van der Waals surface area contributed by atoms with Crippen molar-refractivity contribution >= 4 is 10.0 Å². The lowest BCUT2D eigenvalue weighted by Crippen LogP contribution is -2.48. The number of nitrogens with zero attached hydrogens (tertiary/aromatic N) is 2. The largest absolute Gasteiger partial charge is 0.304 e. The van der Waals surface area contributed by atoms with E-state index >= 15 is 0 Å². The summed E-state index contributed by atoms with van der Waals surface area (Å²) >= 11 is 0. The van der Waals surface area contributed by atoms with Crippen LogP contribution < -0.4 is 4.72 Å². The van der Waals surface area contributed by atoms with E-state index in [4.69, 9.17) is 0 Å². The van der Waals surface area contributed by atoms with Gasteiger partial charge in [-0.05, 0) is 38.6 Å². The Morgan fingerprint density at radius 3 is 1.96 bits per heavy atom. The minimum absolute atomic E-state index is 0.0273. The molecule has 27 heavy (non-hydrogen) atoms. The van der Waals surface area contributed by atoms with E-state index in [2.05, 4.69) is 52.8 Å². The van der Waals surface area contributed by atoms with Crippen molar-refractivity contribution in [1.82, 2.24) is 14.5 Å². The van der Waals surface area contributed by atoms with E-state index in [1.165, 1.54) is 5.56 Å². The number of hydrogen-bond acceptors (Lipinski definition) is 4. The van der Waals surface area contributed by atoms with Crippen molar-refractivity contribution < 1.29 is 8.42 Å². The highest BCUT2D eigenvalue weighted by Gasteiger charge is 2.26. The van der Waals surface area contributed by atoms with Crippen LogP contribution in [0.4, 0.5) is 0 Å². The molecule has 1 heterocycles. The van der Waals surface area contributed by atoms with Crippen LogP contribution in [-0.2, 0) is 10.0 Å². The fraction of sp³-hybridized carbons (Fsp3) is 0.429. The molecule has 0 amide bonds. The predicted molar refractivity (Wildman–Crippen MR) is 109 cm³/mol. The Morgan fingerprint density at radius 2 is 1.41 bits per heavy atom. The Balaban J connectivity index is 1.78. The monoisotopic (exact) mass is 387 g/mol. The number of benzene rings is 2. The maximum Gasteiger partial charge on any atom is 0.240 e. The standard InChI is InChI=1S/C21H29N3O2S/c1-17-4-8-19(9-5-17)21(24-14-12-23(3)13-15-24)16-22-27(25,26)20-10-6-18(2)7-11-20/h4-11,21-22H,12-16H2,1-3H3/t21-/m0/s1. The van der Waals surface area contributed by atoms with Crippen molar-refractivity contribution in [3.63, 3.8) is 0 Å². The van der Waals surface area contributed by atoms with Gasteiger partial charge in [0.15, 0.2) is 0 Å². The molecule has 0 saturated carbocycles. The molecular weight excluding hydrogens is 358 g/mol. The van der Waals surface area contributed by atoms with E-state index in [1.807, 2.05) is 19.1 Å². The summed E-state index contributed by atoms with van der Waals surface area (Å²) in [6.07, 6.45) is 0. The van der Waals surface area contributed by atoms with Crippen molar-refractivity contribution in [3.05, 3.63) is 65.2 Å². The molecule has 6 heteroatoms. The van der Waals surface area contributed by atoms with Crippen LogP contribution in [0.1, 0.15) is 22.7 Å². The third-order valence-corrected chi connectivity index (χ3v) is 6.68. The predicted octanol–water partition coefficient (Wildman–Crippen LogP) is 2.57. The zero-order chi connectivity index (χ0) is 19.4. The van der Waals surface area contributed by atoms with Crippen LogP contribution in [0.3, 0.4) is 0 Å². The third-order valence-electron chi connectivity index (χ3n) is 5.24. The summed E-state index contributed by atoms with van der Waals surface area (Å²) < 4.78 is 28.3. The van der Waals surface area contributed by atoms with Gasteiger partial charge in [-0.3, -0.25) is 4.90 Å². The topological polar surface area (TPSA) is 52.7 Å². The third kappa shape index (κ3) is 5.17. The number of nitrogens with one attached hydrogen (secondary N) is 1. The fourth-order valence-corrected chi connectivity index (χ4v) is 4.41. The zero-order valence-electron chi connectivity index (χ0n) is 16.4. The lowest BCUT2D eigenvalue weighted by atomic mass is 10.0. The first-order valence-corrected chi connectivity index (χ1v) is 10.9. The molecule has 2 aromatic carbocycles. The van der Waals surface area contributed by atoms with Crippen LogP contribution in [0.15, 0.2) is 53.4 Å². The second-order valence-electron chi connectivity index (χ2n) is 7.43. The highest BCUT2D eigenvalue weighted by Crippen LogP contribution is 2.23. The quantitative estimate of drug-likeness (QED) is 0.828. The second-order valence-corrected chi connectivity index (χ2v) is 9.20. The molecule has 1 N–H and O–H groups in total. The van der Waals surface area contributed by atoms with Crippen molar-refractivity contribution in [2.24, 2.45) is 0 Å². The molecule has 5 nitrogen and oxygen atoms in total. The molecule has 1 saturated heterocycles. The van der Waals surface area contributed by atoms with Gasteiger partial charge in [0.05, 0.1) is 4.90 Å². The SMILES string of the molecule is Cc1ccc([C@H](CNS(=O)(=O)c2ccc(C)cc2)N2CCN(C)CC2)cc1. The van der Waals surface area contributed by atoms with Crippen LogP contribution in [0, 0.1) is 13.8 Å². The van der Waals surface area contributed by atoms with Gasteiger partial charge < -0.3 is 4.90 Å². The summed E-state index contributed by atoms with van der Waals surface area (Å²) in [7, 11) is -1.40. The smallest absolute Gasteiger partial charge is 0.240 e. The molecule has 1 aliphatic rings. The Kier molecular flexibility index (Phi) is 6.32. The Morgan fingerprint density at radius 1 is 0.889 bits per heavy atom. The number of rotatable bonds is 6. The maximum absolute atomic E-state index is 12.7. The van der Waals surface area contributed by atoms with Gasteiger partial charge in [-0.25, -0.2) is 13.1 Å². The summed E-state index contributed by atoms with van der Waals surface area (Å²) in [5.41, 5.74) is 3.40. The first-order chi connectivity index (χ1) is 12.8. The lowest BCUT2D eigenvalue weighted by molar-refractivity contribution is 0.113. The van der Waals surface area contributed by atoms with Crippen molar-refractivity contribution in [2.75, 3.05) is 39.8 Å². The number of likely N-dealkylation sites (N-methyl/N-ethyl adjacent to an activating group) is 1. The molecule has 0 aromatic heterocycles. The molecule has 0 bridgehead atoms. The van der Waals surface area contributed by atoms with Gasteiger partial charge in [0.25, 0.3) is 0 Å². The van der Waals surface area contributed by atoms with Crippen LogP contribution in [0.25, 0.3) is 0 Å². The molecule has 1 atom stereocenters. The summed E-state index contributed by atoms with van der Waals surface area (Å²) in [5, 5.41) is 0. The first-order valence-electron chi connectivity index (χ1n) is 9.41. The van der Waals surface area contributed by atoms with Crippen molar-refractivity contribution in [1.29, 1.82) is 0 Å². The average Bonchev–Trinajstić information content (AvgIpc) is 2.65. The van der Waals surface area contributed by atoms with E-state index < -0.39 is 10.0 Å². The van der Waals surface area contributed by atoms with Crippen LogP contribution >= 0.6 is 0 Å². The minimum Gasteiger partial charge on any atom is -0.304 e. The van der Waals surface area contributed by atoms with Crippen molar-refractivity contribution in [3.8, 4) is 0 Å². The molecule has 0 radical (unpaired) electrons. The zero-order valence-corrected chi connectivity index (χ0v) is 17.2. The van der Waals surface area contributed by atoms with Gasteiger partial charge in [-0.2, -0.15) is 0 Å². The molecule has 146 valence electrons. The summed E-state index contributed by atoms with van der Waals surface area (Å²) in [6.45, 7) is 8.23. The minimum atomic E-state index is -3.52. The summed E-state index contributed by atoms with van der Waals surface area (Å²) in [6, 6.07) is 15.4. The van der Waals surface area contributed by atoms with Gasteiger partial charge in [0.2, 0.25) is 10.0 Å². The Bertz CT molecular complexity index is 840. The van der Waals surface area contributed by atoms with E-state index in [0.29, 0.717) is 11.4 Å². The van der Waals surface area contributed by atoms with Crippen LogP contribution in [0.2, 0.25) is 0 Å². The Labute approximate surface area is 163 Å². The van der Waals surface area contributed by atoms with Crippen LogP contribution in [0.5, 0.6) is 0 Å². The normalized spacial score (nSPS) is 17.7. The van der Waals surface area contributed by atoms with E-state index in [9.17, 15) is 8.42 Å².